The fourth-order valence-corrected chi connectivity index (χ4v) is 4.66. The molecule has 0 radical (unpaired) electrons. The summed E-state index contributed by atoms with van der Waals surface area (Å²) in [7, 11) is 0. The molecule has 1 heterocycles. The quantitative estimate of drug-likeness (QED) is 0.253. The number of carboxylic acids is 2. The number of phenolic OH excluding ortho intramolecular Hbond substituents is 1. The number of benzene rings is 2. The van der Waals surface area contributed by atoms with E-state index in [9.17, 15) is 24.6 Å². The van der Waals surface area contributed by atoms with Crippen LogP contribution in [0.1, 0.15) is 47.8 Å². The summed E-state index contributed by atoms with van der Waals surface area (Å²) in [5.41, 5.74) is 6.49. The van der Waals surface area contributed by atoms with Crippen LogP contribution in [0.15, 0.2) is 53.3 Å². The van der Waals surface area contributed by atoms with Crippen LogP contribution >= 0.6 is 0 Å². The van der Waals surface area contributed by atoms with E-state index in [1.165, 1.54) is 34.4 Å². The molecule has 0 amide bonds. The Labute approximate surface area is 214 Å². The van der Waals surface area contributed by atoms with Crippen molar-refractivity contribution in [2.24, 2.45) is 0 Å². The van der Waals surface area contributed by atoms with Crippen molar-refractivity contribution in [2.45, 2.75) is 51.7 Å². The molecule has 0 spiro atoms. The monoisotopic (exact) mass is 508 g/mol. The van der Waals surface area contributed by atoms with E-state index >= 15 is 0 Å². The number of aryl methyl sites for hydroxylation is 2. The number of H-pyrrole nitrogens is 1. The number of rotatable bonds is 8. The number of aromatic nitrogens is 1. The van der Waals surface area contributed by atoms with Gasteiger partial charge in [-0.2, -0.15) is 0 Å². The first kappa shape index (κ1) is 27.6. The van der Waals surface area contributed by atoms with E-state index in [1.54, 1.807) is 12.1 Å². The predicted octanol–water partition coefficient (Wildman–Crippen LogP) is 2.86. The zero-order valence-electron chi connectivity index (χ0n) is 20.8. The first-order valence-corrected chi connectivity index (χ1v) is 12.2. The normalized spacial score (nSPS) is 13.8. The van der Waals surface area contributed by atoms with Gasteiger partial charge in [0.25, 0.3) is 0 Å². The molecule has 0 bridgehead atoms. The van der Waals surface area contributed by atoms with Gasteiger partial charge in [-0.15, -0.1) is 0 Å². The minimum Gasteiger partial charge on any atom is -0.506 e. The average molecular weight is 509 g/mol. The van der Waals surface area contributed by atoms with E-state index in [-0.39, 0.29) is 11.3 Å². The topological polar surface area (TPSA) is 160 Å². The molecule has 2 aromatic carbocycles. The van der Waals surface area contributed by atoms with Gasteiger partial charge in [-0.05, 0) is 65.6 Å². The summed E-state index contributed by atoms with van der Waals surface area (Å²) in [6.07, 6.45) is 4.45. The van der Waals surface area contributed by atoms with Crippen LogP contribution in [0.25, 0.3) is 10.9 Å². The summed E-state index contributed by atoms with van der Waals surface area (Å²) in [6, 6.07) is 11.3. The largest absolute Gasteiger partial charge is 0.506 e. The third-order valence-corrected chi connectivity index (χ3v) is 6.45. The summed E-state index contributed by atoms with van der Waals surface area (Å²) >= 11 is 0. The minimum atomic E-state index is -1.26. The van der Waals surface area contributed by atoms with E-state index in [0.29, 0.717) is 41.2 Å². The van der Waals surface area contributed by atoms with Gasteiger partial charge >= 0.3 is 11.9 Å². The van der Waals surface area contributed by atoms with Gasteiger partial charge in [0, 0.05) is 36.2 Å². The highest BCUT2D eigenvalue weighted by atomic mass is 16.4. The Hall–Kier alpha value is -3.95. The smallest absolute Gasteiger partial charge is 0.328 e. The molecule has 0 fully saturated rings. The Morgan fingerprint density at radius 2 is 1.57 bits per heavy atom. The lowest BCUT2D eigenvalue weighted by Crippen LogP contribution is -2.33. The van der Waals surface area contributed by atoms with Crippen molar-refractivity contribution in [3.8, 4) is 5.75 Å². The lowest BCUT2D eigenvalue weighted by atomic mass is 9.97. The Bertz CT molecular complexity index is 1330. The summed E-state index contributed by atoms with van der Waals surface area (Å²) in [4.78, 5) is 33.3. The van der Waals surface area contributed by atoms with E-state index in [4.69, 9.17) is 10.2 Å². The molecular formula is C28H32N2O7. The van der Waals surface area contributed by atoms with Gasteiger partial charge in [-0.25, -0.2) is 9.59 Å². The molecule has 0 saturated carbocycles. The molecule has 9 nitrogen and oxygen atoms in total. The molecule has 0 aliphatic heterocycles. The maximum Gasteiger partial charge on any atom is 0.328 e. The number of carboxylic acid groups (broad SMARTS) is 2. The average Bonchev–Trinajstić information content (AvgIpc) is 3.27. The summed E-state index contributed by atoms with van der Waals surface area (Å²) < 4.78 is 0. The number of pyridine rings is 1. The highest BCUT2D eigenvalue weighted by molar-refractivity contribution is 5.89. The minimum absolute atomic E-state index is 0.00584. The molecule has 1 atom stereocenters. The van der Waals surface area contributed by atoms with Gasteiger partial charge in [0.1, 0.15) is 5.75 Å². The summed E-state index contributed by atoms with van der Waals surface area (Å²) in [6.45, 7) is 4.83. The summed E-state index contributed by atoms with van der Waals surface area (Å²) in [5.74, 6) is -2.51. The highest BCUT2D eigenvalue weighted by Gasteiger charge is 2.24. The van der Waals surface area contributed by atoms with Crippen LogP contribution in [0.4, 0.5) is 0 Å². The molecule has 196 valence electrons. The third kappa shape index (κ3) is 7.05. The van der Waals surface area contributed by atoms with Crippen molar-refractivity contribution in [1.82, 2.24) is 10.3 Å². The first-order chi connectivity index (χ1) is 17.6. The van der Waals surface area contributed by atoms with Crippen molar-refractivity contribution in [1.29, 1.82) is 0 Å². The van der Waals surface area contributed by atoms with Crippen LogP contribution in [0.3, 0.4) is 0 Å². The second-order valence-electron chi connectivity index (χ2n) is 8.92. The zero-order chi connectivity index (χ0) is 27.1. The molecule has 1 unspecified atom stereocenters. The molecule has 3 aromatic rings. The Kier molecular flexibility index (Phi) is 9.21. The number of aromatic hydroxyl groups is 1. The van der Waals surface area contributed by atoms with E-state index in [1.807, 2.05) is 0 Å². The van der Waals surface area contributed by atoms with Crippen molar-refractivity contribution in [3.63, 3.8) is 0 Å². The van der Waals surface area contributed by atoms with Crippen LogP contribution in [-0.4, -0.2) is 49.9 Å². The Balaban J connectivity index is 0.000000414. The van der Waals surface area contributed by atoms with Crippen LogP contribution in [-0.2, 0) is 35.3 Å². The summed E-state index contributed by atoms with van der Waals surface area (Å²) in [5, 5.41) is 40.6. The van der Waals surface area contributed by atoms with E-state index in [2.05, 4.69) is 36.3 Å². The lowest BCUT2D eigenvalue weighted by Gasteiger charge is -2.18. The number of aliphatic hydroxyl groups is 1. The van der Waals surface area contributed by atoms with Gasteiger partial charge in [0.2, 0.25) is 5.56 Å². The van der Waals surface area contributed by atoms with Crippen LogP contribution in [0.5, 0.6) is 5.75 Å². The van der Waals surface area contributed by atoms with Gasteiger partial charge in [0.15, 0.2) is 0 Å². The number of nitrogens with one attached hydrogen (secondary N) is 2. The molecule has 9 heteroatoms. The number of phenols is 1. The number of fused-ring (bicyclic) bond motifs is 2. The fourth-order valence-electron chi connectivity index (χ4n) is 4.66. The number of hydrogen-bond donors (Lipinski definition) is 6. The first-order valence-electron chi connectivity index (χ1n) is 12.2. The molecule has 6 N–H and O–H groups in total. The second-order valence-corrected chi connectivity index (χ2v) is 8.92. The molecule has 1 aromatic heterocycles. The Morgan fingerprint density at radius 3 is 2.08 bits per heavy atom. The van der Waals surface area contributed by atoms with Crippen LogP contribution < -0.4 is 10.9 Å². The maximum absolute atomic E-state index is 11.6. The molecule has 0 saturated heterocycles. The van der Waals surface area contributed by atoms with Gasteiger partial charge < -0.3 is 30.7 Å². The molecule has 1 aliphatic rings. The SMILES string of the molecule is CCc1cc2c(cc1CC)CC(NCC(O)c1ccc(O)c3[nH]c(=O)ccc13)C2.O=C(O)C=CC(=O)O. The number of aliphatic hydroxyl groups excluding tert-OH is 1. The molecular weight excluding hydrogens is 476 g/mol. The van der Waals surface area contributed by atoms with E-state index < -0.39 is 18.0 Å². The van der Waals surface area contributed by atoms with Gasteiger partial charge in [-0.3, -0.25) is 4.79 Å². The number of aliphatic carboxylic acids is 2. The second kappa shape index (κ2) is 12.3. The Morgan fingerprint density at radius 1 is 1.00 bits per heavy atom. The number of aromatic amines is 1. The predicted molar refractivity (Wildman–Crippen MR) is 140 cm³/mol. The standard InChI is InChI=1S/C24H28N2O3.C4H4O4/c1-3-14-9-16-11-18(12-17(16)10-15(14)4-2)25-13-22(28)19-5-7-21(27)24-20(19)6-8-23(29)26-24;5-3(6)1-2-4(7)8/h5-10,18,22,25,27-28H,3-4,11-13H2,1-2H3,(H,26,29);1-2H,(H,5,6)(H,7,8). The van der Waals surface area contributed by atoms with Crippen molar-refractivity contribution in [3.05, 3.63) is 86.7 Å². The van der Waals surface area contributed by atoms with Crippen LogP contribution in [0, 0.1) is 0 Å². The lowest BCUT2D eigenvalue weighted by molar-refractivity contribution is -0.134. The van der Waals surface area contributed by atoms with Crippen molar-refractivity contribution >= 4 is 22.8 Å². The van der Waals surface area contributed by atoms with Gasteiger partial charge in [0.05, 0.1) is 11.6 Å². The molecule has 4 rings (SSSR count). The van der Waals surface area contributed by atoms with Crippen LogP contribution in [0.2, 0.25) is 0 Å². The number of hydrogen-bond acceptors (Lipinski definition) is 6. The zero-order valence-corrected chi connectivity index (χ0v) is 20.8. The number of carbonyl (C=O) groups is 2. The fraction of sp³-hybridized carbons (Fsp3) is 0.321. The third-order valence-electron chi connectivity index (χ3n) is 6.45. The van der Waals surface area contributed by atoms with Crippen molar-refractivity contribution < 1.29 is 30.0 Å². The molecule has 1 aliphatic carbocycles. The highest BCUT2D eigenvalue weighted by Crippen LogP contribution is 2.30. The molecule has 37 heavy (non-hydrogen) atoms. The maximum atomic E-state index is 11.6. The van der Waals surface area contributed by atoms with E-state index in [0.717, 1.165) is 25.7 Å². The van der Waals surface area contributed by atoms with Crippen molar-refractivity contribution in [2.75, 3.05) is 6.54 Å². The van der Waals surface area contributed by atoms with Gasteiger partial charge in [-0.1, -0.05) is 32.0 Å².